The number of benzene rings is 1. The highest BCUT2D eigenvalue weighted by Crippen LogP contribution is 2.15. The summed E-state index contributed by atoms with van der Waals surface area (Å²) < 4.78 is 0. The highest BCUT2D eigenvalue weighted by atomic mass is 16.2. The van der Waals surface area contributed by atoms with Crippen molar-refractivity contribution in [2.75, 3.05) is 31.5 Å². The van der Waals surface area contributed by atoms with Crippen molar-refractivity contribution in [1.82, 2.24) is 20.0 Å². The number of anilines is 1. The molecule has 0 aliphatic carbocycles. The fourth-order valence-corrected chi connectivity index (χ4v) is 2.81. The van der Waals surface area contributed by atoms with Crippen LogP contribution in [0.4, 0.5) is 5.69 Å². The molecule has 0 atom stereocenters. The first-order valence-electron chi connectivity index (χ1n) is 7.99. The number of hydrogen-bond donors (Lipinski definition) is 2. The molecule has 7 heteroatoms. The number of nitrogens with one attached hydrogen (secondary N) is 2. The van der Waals surface area contributed by atoms with Crippen LogP contribution in [0.25, 0.3) is 0 Å². The summed E-state index contributed by atoms with van der Waals surface area (Å²) in [6.07, 6.45) is 1.55. The molecule has 2 amide bonds. The van der Waals surface area contributed by atoms with Gasteiger partial charge in [0.05, 0.1) is 0 Å². The van der Waals surface area contributed by atoms with E-state index in [-0.39, 0.29) is 11.8 Å². The van der Waals surface area contributed by atoms with Crippen molar-refractivity contribution in [3.05, 3.63) is 47.8 Å². The first kappa shape index (κ1) is 16.2. The number of carbonyl (C=O) groups is 2. The van der Waals surface area contributed by atoms with Crippen molar-refractivity contribution in [2.45, 2.75) is 13.5 Å². The Bertz CT molecular complexity index is 706. The average Bonchev–Trinajstić information content (AvgIpc) is 3.10. The molecule has 1 aromatic heterocycles. The van der Waals surface area contributed by atoms with Crippen LogP contribution in [0.3, 0.4) is 0 Å². The summed E-state index contributed by atoms with van der Waals surface area (Å²) in [4.78, 5) is 27.6. The minimum Gasteiger partial charge on any atom is -0.340 e. The number of piperazine rings is 1. The fourth-order valence-electron chi connectivity index (χ4n) is 2.81. The molecule has 126 valence electrons. The molecular weight excluding hydrogens is 306 g/mol. The lowest BCUT2D eigenvalue weighted by atomic mass is 10.1. The Balaban J connectivity index is 1.58. The summed E-state index contributed by atoms with van der Waals surface area (Å²) in [7, 11) is 0. The minimum absolute atomic E-state index is 0.137. The highest BCUT2D eigenvalue weighted by Gasteiger charge is 2.18. The van der Waals surface area contributed by atoms with E-state index in [9.17, 15) is 9.59 Å². The Morgan fingerprint density at radius 1 is 1.21 bits per heavy atom. The van der Waals surface area contributed by atoms with Crippen LogP contribution in [0.1, 0.15) is 23.0 Å². The molecule has 2 heterocycles. The third-order valence-electron chi connectivity index (χ3n) is 4.15. The predicted molar refractivity (Wildman–Crippen MR) is 90.5 cm³/mol. The van der Waals surface area contributed by atoms with Crippen molar-refractivity contribution in [2.24, 2.45) is 0 Å². The monoisotopic (exact) mass is 327 g/mol. The van der Waals surface area contributed by atoms with Gasteiger partial charge in [0.1, 0.15) is 5.69 Å². The molecule has 0 radical (unpaired) electrons. The maximum atomic E-state index is 12.0. The molecule has 1 aliphatic heterocycles. The number of hydrogen-bond acceptors (Lipinski definition) is 4. The van der Waals surface area contributed by atoms with Gasteiger partial charge in [0.2, 0.25) is 5.91 Å². The molecule has 0 unspecified atom stereocenters. The van der Waals surface area contributed by atoms with Crippen molar-refractivity contribution in [3.63, 3.8) is 0 Å². The average molecular weight is 327 g/mol. The molecule has 1 fully saturated rings. The van der Waals surface area contributed by atoms with Crippen LogP contribution in [0.15, 0.2) is 36.5 Å². The minimum atomic E-state index is -0.209. The van der Waals surface area contributed by atoms with Crippen LogP contribution in [0.5, 0.6) is 0 Å². The maximum Gasteiger partial charge on any atom is 0.273 e. The van der Waals surface area contributed by atoms with Crippen LogP contribution in [0.2, 0.25) is 0 Å². The first-order chi connectivity index (χ1) is 11.6. The summed E-state index contributed by atoms with van der Waals surface area (Å²) in [6, 6.07) is 9.46. The van der Waals surface area contributed by atoms with Gasteiger partial charge < -0.3 is 10.2 Å². The van der Waals surface area contributed by atoms with Crippen molar-refractivity contribution in [3.8, 4) is 0 Å². The van der Waals surface area contributed by atoms with E-state index in [1.807, 2.05) is 29.2 Å². The zero-order valence-electron chi connectivity index (χ0n) is 13.7. The largest absolute Gasteiger partial charge is 0.340 e. The van der Waals surface area contributed by atoms with Crippen LogP contribution in [-0.4, -0.2) is 58.0 Å². The number of amides is 2. The van der Waals surface area contributed by atoms with Gasteiger partial charge in [0.25, 0.3) is 5.91 Å². The van der Waals surface area contributed by atoms with Gasteiger partial charge in [-0.25, -0.2) is 0 Å². The summed E-state index contributed by atoms with van der Waals surface area (Å²) >= 11 is 0. The van der Waals surface area contributed by atoms with Gasteiger partial charge >= 0.3 is 0 Å². The van der Waals surface area contributed by atoms with Gasteiger partial charge in [-0.05, 0) is 23.8 Å². The summed E-state index contributed by atoms with van der Waals surface area (Å²) in [5.74, 6) is -0.0714. The number of nitrogens with zero attached hydrogens (tertiary/aromatic N) is 3. The number of H-pyrrole nitrogens is 1. The summed E-state index contributed by atoms with van der Waals surface area (Å²) in [5, 5.41) is 9.29. The number of rotatable bonds is 4. The molecule has 24 heavy (non-hydrogen) atoms. The molecule has 7 nitrogen and oxygen atoms in total. The Morgan fingerprint density at radius 3 is 2.67 bits per heavy atom. The van der Waals surface area contributed by atoms with Gasteiger partial charge in [-0.15, -0.1) is 0 Å². The lowest BCUT2D eigenvalue weighted by molar-refractivity contribution is -0.130. The third-order valence-corrected chi connectivity index (χ3v) is 4.15. The second-order valence-corrected chi connectivity index (χ2v) is 5.91. The van der Waals surface area contributed by atoms with E-state index in [0.717, 1.165) is 44.0 Å². The van der Waals surface area contributed by atoms with Crippen LogP contribution in [-0.2, 0) is 11.3 Å². The van der Waals surface area contributed by atoms with E-state index >= 15 is 0 Å². The summed E-state index contributed by atoms with van der Waals surface area (Å²) in [6.45, 7) is 5.69. The zero-order valence-corrected chi connectivity index (χ0v) is 13.7. The molecular formula is C17H21N5O2. The van der Waals surface area contributed by atoms with Crippen LogP contribution >= 0.6 is 0 Å². The van der Waals surface area contributed by atoms with E-state index in [0.29, 0.717) is 5.69 Å². The van der Waals surface area contributed by atoms with Crippen molar-refractivity contribution >= 4 is 17.5 Å². The molecule has 1 aromatic carbocycles. The van der Waals surface area contributed by atoms with Gasteiger partial charge in [-0.3, -0.25) is 19.6 Å². The quantitative estimate of drug-likeness (QED) is 0.887. The Morgan fingerprint density at radius 2 is 2.00 bits per heavy atom. The van der Waals surface area contributed by atoms with E-state index in [2.05, 4.69) is 20.4 Å². The molecule has 0 bridgehead atoms. The molecule has 3 rings (SSSR count). The fraction of sp³-hybridized carbons (Fsp3) is 0.353. The molecule has 1 saturated heterocycles. The normalized spacial score (nSPS) is 15.3. The first-order valence-corrected chi connectivity index (χ1v) is 7.99. The van der Waals surface area contributed by atoms with Crippen molar-refractivity contribution < 1.29 is 9.59 Å². The number of carbonyl (C=O) groups excluding carboxylic acids is 2. The lowest BCUT2D eigenvalue weighted by Gasteiger charge is -2.34. The van der Waals surface area contributed by atoms with Gasteiger partial charge in [-0.1, -0.05) is 12.1 Å². The second kappa shape index (κ2) is 7.27. The Labute approximate surface area is 140 Å². The lowest BCUT2D eigenvalue weighted by Crippen LogP contribution is -2.47. The third kappa shape index (κ3) is 3.99. The van der Waals surface area contributed by atoms with E-state index in [4.69, 9.17) is 0 Å². The maximum absolute atomic E-state index is 12.0. The second-order valence-electron chi connectivity index (χ2n) is 5.91. The Kier molecular flexibility index (Phi) is 4.90. The Hall–Kier alpha value is -2.67. The van der Waals surface area contributed by atoms with E-state index in [1.54, 1.807) is 19.2 Å². The number of aromatic amines is 1. The molecule has 0 spiro atoms. The smallest absolute Gasteiger partial charge is 0.273 e. The van der Waals surface area contributed by atoms with Crippen LogP contribution < -0.4 is 5.32 Å². The molecule has 0 saturated carbocycles. The zero-order chi connectivity index (χ0) is 16.9. The topological polar surface area (TPSA) is 81.3 Å². The summed E-state index contributed by atoms with van der Waals surface area (Å²) in [5.41, 5.74) is 2.32. The van der Waals surface area contributed by atoms with Gasteiger partial charge in [-0.2, -0.15) is 5.10 Å². The predicted octanol–water partition coefficient (Wildman–Crippen LogP) is 1.33. The van der Waals surface area contributed by atoms with E-state index < -0.39 is 0 Å². The SMILES string of the molecule is CC(=O)N1CCN(Cc2cccc(NC(=O)c3ccn[nH]3)c2)CC1. The standard InChI is InChI=1S/C17H21N5O2/c1-13(23)22-9-7-21(8-10-22)12-14-3-2-4-15(11-14)19-17(24)16-5-6-18-20-16/h2-6,11H,7-10,12H2,1H3,(H,18,20)(H,19,24). The highest BCUT2D eigenvalue weighted by molar-refractivity contribution is 6.02. The van der Waals surface area contributed by atoms with Crippen LogP contribution in [0, 0.1) is 0 Å². The van der Waals surface area contributed by atoms with Gasteiger partial charge in [0.15, 0.2) is 0 Å². The molecule has 2 N–H and O–H groups in total. The molecule has 1 aliphatic rings. The number of aromatic nitrogens is 2. The van der Waals surface area contributed by atoms with Crippen molar-refractivity contribution in [1.29, 1.82) is 0 Å². The van der Waals surface area contributed by atoms with Gasteiger partial charge in [0, 0.05) is 51.5 Å². The van der Waals surface area contributed by atoms with E-state index in [1.165, 1.54) is 0 Å². The molecule has 2 aromatic rings.